The van der Waals surface area contributed by atoms with Gasteiger partial charge in [-0.2, -0.15) is 5.26 Å². The molecule has 31 heavy (non-hydrogen) atoms. The molecule has 0 N–H and O–H groups in total. The number of halogens is 2. The van der Waals surface area contributed by atoms with Crippen molar-refractivity contribution < 1.29 is 18.8 Å². The number of ether oxygens (including phenoxy) is 2. The van der Waals surface area contributed by atoms with Gasteiger partial charge in [0.2, 0.25) is 0 Å². The van der Waals surface area contributed by atoms with E-state index in [1.807, 2.05) is 0 Å². The molecule has 0 atom stereocenters. The second-order valence-electron chi connectivity index (χ2n) is 6.38. The molecule has 0 radical (unpaired) electrons. The van der Waals surface area contributed by atoms with Crippen molar-refractivity contribution in [3.05, 3.63) is 97.8 Å². The first-order chi connectivity index (χ1) is 14.9. The van der Waals surface area contributed by atoms with Gasteiger partial charge < -0.3 is 9.47 Å². The Hall–Kier alpha value is -3.70. The second kappa shape index (κ2) is 9.87. The molecule has 0 fully saturated rings. The van der Waals surface area contributed by atoms with Gasteiger partial charge in [-0.15, -0.1) is 0 Å². The van der Waals surface area contributed by atoms with Crippen molar-refractivity contribution in [2.24, 2.45) is 0 Å². The van der Waals surface area contributed by atoms with E-state index in [9.17, 15) is 19.8 Å². The van der Waals surface area contributed by atoms with Crippen LogP contribution in [0.4, 0.5) is 10.1 Å². The third kappa shape index (κ3) is 5.27. The van der Waals surface area contributed by atoms with Crippen molar-refractivity contribution >= 4 is 33.3 Å². The Labute approximate surface area is 186 Å². The Balaban J connectivity index is 1.93. The highest BCUT2D eigenvalue weighted by molar-refractivity contribution is 9.10. The average molecular weight is 483 g/mol. The first kappa shape index (κ1) is 22.0. The summed E-state index contributed by atoms with van der Waals surface area (Å²) in [6, 6.07) is 17.6. The Morgan fingerprint density at radius 3 is 2.65 bits per heavy atom. The van der Waals surface area contributed by atoms with Crippen LogP contribution in [-0.2, 0) is 6.61 Å². The number of hydrogen-bond acceptors (Lipinski definition) is 5. The molecule has 6 nitrogen and oxygen atoms in total. The number of allylic oxidation sites excluding steroid dienone is 1. The van der Waals surface area contributed by atoms with E-state index in [1.165, 1.54) is 31.4 Å². The lowest BCUT2D eigenvalue weighted by Crippen LogP contribution is -2.00. The minimum Gasteiger partial charge on any atom is -0.493 e. The van der Waals surface area contributed by atoms with E-state index in [4.69, 9.17) is 9.47 Å². The van der Waals surface area contributed by atoms with Crippen molar-refractivity contribution in [2.45, 2.75) is 6.61 Å². The lowest BCUT2D eigenvalue weighted by Gasteiger charge is -2.13. The summed E-state index contributed by atoms with van der Waals surface area (Å²) in [5.74, 6) is 0.418. The molecule has 156 valence electrons. The largest absolute Gasteiger partial charge is 0.493 e. The molecule has 0 aliphatic carbocycles. The Morgan fingerprint density at radius 2 is 1.97 bits per heavy atom. The van der Waals surface area contributed by atoms with Gasteiger partial charge in [-0.25, -0.2) is 4.39 Å². The summed E-state index contributed by atoms with van der Waals surface area (Å²) in [5.41, 5.74) is 1.57. The molecule has 0 spiro atoms. The summed E-state index contributed by atoms with van der Waals surface area (Å²) >= 11 is 3.45. The highest BCUT2D eigenvalue weighted by Gasteiger charge is 2.13. The van der Waals surface area contributed by atoms with Gasteiger partial charge in [0.25, 0.3) is 5.69 Å². The van der Waals surface area contributed by atoms with E-state index in [0.717, 1.165) is 0 Å². The topological polar surface area (TPSA) is 85.4 Å². The highest BCUT2D eigenvalue weighted by Crippen LogP contribution is 2.36. The number of methoxy groups -OCH3 is 1. The monoisotopic (exact) mass is 482 g/mol. The fourth-order valence-electron chi connectivity index (χ4n) is 2.83. The molecule has 0 amide bonds. The fourth-order valence-corrected chi connectivity index (χ4v) is 3.26. The predicted molar refractivity (Wildman–Crippen MR) is 118 cm³/mol. The Kier molecular flexibility index (Phi) is 7.00. The first-order valence-corrected chi connectivity index (χ1v) is 9.82. The maximum Gasteiger partial charge on any atom is 0.270 e. The Morgan fingerprint density at radius 1 is 1.19 bits per heavy atom. The molecular formula is C23H16BrFN2O4. The second-order valence-corrected chi connectivity index (χ2v) is 7.24. The molecular weight excluding hydrogens is 467 g/mol. The molecule has 0 aromatic heterocycles. The Bertz CT molecular complexity index is 1200. The summed E-state index contributed by atoms with van der Waals surface area (Å²) in [4.78, 5) is 10.5. The van der Waals surface area contributed by atoms with Gasteiger partial charge in [-0.1, -0.05) is 46.3 Å². The zero-order valence-electron chi connectivity index (χ0n) is 16.3. The molecule has 0 bridgehead atoms. The number of non-ortho nitro benzene ring substituents is 1. The van der Waals surface area contributed by atoms with Crippen LogP contribution in [0.3, 0.4) is 0 Å². The molecule has 0 saturated carbocycles. The van der Waals surface area contributed by atoms with E-state index in [0.29, 0.717) is 32.7 Å². The van der Waals surface area contributed by atoms with E-state index in [-0.39, 0.29) is 23.7 Å². The number of nitro benzene ring substituents is 1. The molecule has 0 aliphatic rings. The minimum atomic E-state index is -0.515. The summed E-state index contributed by atoms with van der Waals surface area (Å²) in [7, 11) is 1.47. The summed E-state index contributed by atoms with van der Waals surface area (Å²) in [6.45, 7) is 0.0157. The average Bonchev–Trinajstić information content (AvgIpc) is 2.78. The van der Waals surface area contributed by atoms with Gasteiger partial charge in [-0.3, -0.25) is 10.1 Å². The van der Waals surface area contributed by atoms with Crippen LogP contribution in [-0.4, -0.2) is 12.0 Å². The normalized spacial score (nSPS) is 11.0. The van der Waals surface area contributed by atoms with Gasteiger partial charge in [-0.05, 0) is 35.4 Å². The third-order valence-corrected chi connectivity index (χ3v) is 5.10. The number of rotatable bonds is 7. The van der Waals surface area contributed by atoms with Crippen LogP contribution < -0.4 is 9.47 Å². The molecule has 0 aliphatic heterocycles. The number of nitrogens with zero attached hydrogens (tertiary/aromatic N) is 2. The van der Waals surface area contributed by atoms with E-state index in [1.54, 1.807) is 42.5 Å². The number of nitriles is 1. The van der Waals surface area contributed by atoms with Crippen molar-refractivity contribution in [3.8, 4) is 17.6 Å². The molecule has 3 aromatic carbocycles. The smallest absolute Gasteiger partial charge is 0.270 e. The molecule has 0 heterocycles. The van der Waals surface area contributed by atoms with Crippen LogP contribution >= 0.6 is 15.9 Å². The summed E-state index contributed by atoms with van der Waals surface area (Å²) < 4.78 is 25.6. The highest BCUT2D eigenvalue weighted by atomic mass is 79.9. The SMILES string of the molecule is COc1cc(C=C(C#N)c2cccc([N+](=O)[O-])c2)c(Br)cc1OCc1ccccc1F. The van der Waals surface area contributed by atoms with Crippen molar-refractivity contribution in [1.82, 2.24) is 0 Å². The van der Waals surface area contributed by atoms with Crippen molar-refractivity contribution in [1.29, 1.82) is 5.26 Å². The molecule has 3 rings (SSSR count). The summed E-state index contributed by atoms with van der Waals surface area (Å²) in [5, 5.41) is 20.6. The number of nitro groups is 1. The maximum atomic E-state index is 13.8. The zero-order chi connectivity index (χ0) is 22.4. The van der Waals surface area contributed by atoms with Crippen molar-refractivity contribution in [2.75, 3.05) is 7.11 Å². The predicted octanol–water partition coefficient (Wildman–Crippen LogP) is 6.15. The molecule has 8 heteroatoms. The fraction of sp³-hybridized carbons (Fsp3) is 0.0870. The van der Waals surface area contributed by atoms with Crippen LogP contribution in [0.15, 0.2) is 65.1 Å². The van der Waals surface area contributed by atoms with Crippen LogP contribution in [0.5, 0.6) is 11.5 Å². The zero-order valence-corrected chi connectivity index (χ0v) is 17.9. The maximum absolute atomic E-state index is 13.8. The number of hydrogen-bond donors (Lipinski definition) is 0. The lowest BCUT2D eigenvalue weighted by atomic mass is 10.0. The lowest BCUT2D eigenvalue weighted by molar-refractivity contribution is -0.384. The van der Waals surface area contributed by atoms with Gasteiger partial charge in [0.15, 0.2) is 11.5 Å². The van der Waals surface area contributed by atoms with E-state index < -0.39 is 4.92 Å². The van der Waals surface area contributed by atoms with E-state index in [2.05, 4.69) is 22.0 Å². The van der Waals surface area contributed by atoms with Crippen molar-refractivity contribution in [3.63, 3.8) is 0 Å². The first-order valence-electron chi connectivity index (χ1n) is 9.03. The van der Waals surface area contributed by atoms with Crippen LogP contribution in [0.1, 0.15) is 16.7 Å². The van der Waals surface area contributed by atoms with E-state index >= 15 is 0 Å². The van der Waals surface area contributed by atoms with Crippen LogP contribution in [0.2, 0.25) is 0 Å². The van der Waals surface area contributed by atoms with Gasteiger partial charge >= 0.3 is 0 Å². The van der Waals surface area contributed by atoms with Crippen LogP contribution in [0, 0.1) is 27.3 Å². The molecule has 3 aromatic rings. The molecule has 0 unspecified atom stereocenters. The third-order valence-electron chi connectivity index (χ3n) is 4.41. The van der Waals surface area contributed by atoms with Gasteiger partial charge in [0, 0.05) is 22.2 Å². The van der Waals surface area contributed by atoms with Gasteiger partial charge in [0.1, 0.15) is 12.4 Å². The van der Waals surface area contributed by atoms with Crippen LogP contribution in [0.25, 0.3) is 11.6 Å². The minimum absolute atomic E-state index is 0.0157. The quantitative estimate of drug-likeness (QED) is 0.174. The molecule has 0 saturated heterocycles. The standard InChI is InChI=1S/C23H16BrFN2O4/c1-30-22-11-17(9-18(13-26)15-6-4-7-19(10-15)27(28)29)20(24)12-23(22)31-14-16-5-2-3-8-21(16)25/h2-12H,14H2,1H3. The summed E-state index contributed by atoms with van der Waals surface area (Å²) in [6.07, 6.45) is 1.59. The number of benzene rings is 3. The van der Waals surface area contributed by atoms with Gasteiger partial charge in [0.05, 0.1) is 23.7 Å².